The number of ether oxygens (including phenoxy) is 1. The lowest BCUT2D eigenvalue weighted by Gasteiger charge is -2.06. The lowest BCUT2D eigenvalue weighted by Crippen LogP contribution is -2.15. The third kappa shape index (κ3) is 3.47. The second-order valence-electron chi connectivity index (χ2n) is 3.24. The van der Waals surface area contributed by atoms with Crippen molar-refractivity contribution in [3.8, 4) is 5.75 Å². The van der Waals surface area contributed by atoms with Crippen LogP contribution in [0.15, 0.2) is 18.2 Å². The fourth-order valence-electron chi connectivity index (χ4n) is 1.24. The average Bonchev–Trinajstić information content (AvgIpc) is 2.01. The van der Waals surface area contributed by atoms with Gasteiger partial charge in [-0.25, -0.2) is 0 Å². The Balaban J connectivity index is 2.54. The summed E-state index contributed by atoms with van der Waals surface area (Å²) in [5.74, 6) is 0.300. The molecule has 14 heavy (non-hydrogen) atoms. The molecular formula is C11H14NO2. The van der Waals surface area contributed by atoms with Gasteiger partial charge in [-0.15, -0.1) is 0 Å². The molecule has 0 aliphatic carbocycles. The van der Waals surface area contributed by atoms with Crippen LogP contribution in [0.1, 0.15) is 11.1 Å². The number of carbonyl (C=O) groups is 1. The molecule has 1 amide bonds. The zero-order valence-corrected chi connectivity index (χ0v) is 8.41. The van der Waals surface area contributed by atoms with Crippen molar-refractivity contribution in [3.63, 3.8) is 0 Å². The number of rotatable bonds is 4. The van der Waals surface area contributed by atoms with Crippen molar-refractivity contribution in [2.75, 3.05) is 6.61 Å². The van der Waals surface area contributed by atoms with E-state index >= 15 is 0 Å². The summed E-state index contributed by atoms with van der Waals surface area (Å²) >= 11 is 0. The van der Waals surface area contributed by atoms with E-state index < -0.39 is 5.91 Å². The number of aryl methyl sites for hydroxylation is 2. The molecule has 0 unspecified atom stereocenters. The van der Waals surface area contributed by atoms with Crippen molar-refractivity contribution in [2.24, 2.45) is 5.73 Å². The second-order valence-corrected chi connectivity index (χ2v) is 3.24. The molecule has 1 aromatic rings. The van der Waals surface area contributed by atoms with Gasteiger partial charge in [0.15, 0.2) is 0 Å². The van der Waals surface area contributed by atoms with Crippen LogP contribution in [0, 0.1) is 20.3 Å². The molecule has 3 nitrogen and oxygen atoms in total. The molecule has 1 radical (unpaired) electrons. The van der Waals surface area contributed by atoms with Gasteiger partial charge >= 0.3 is 0 Å². The highest BCUT2D eigenvalue weighted by Crippen LogP contribution is 2.15. The van der Waals surface area contributed by atoms with Crippen molar-refractivity contribution in [1.82, 2.24) is 0 Å². The standard InChI is InChI=1S/C11H14NO2/c1-8-5-9(2)7-10(6-8)14-4-3-11(12)13/h3,5-7H,4H2,1-2H3,(H2,12,13). The Morgan fingerprint density at radius 3 is 2.43 bits per heavy atom. The van der Waals surface area contributed by atoms with Crippen LogP contribution in [0.3, 0.4) is 0 Å². The third-order valence-electron chi connectivity index (χ3n) is 1.73. The first-order valence-corrected chi connectivity index (χ1v) is 4.41. The maximum Gasteiger partial charge on any atom is 0.224 e. The van der Waals surface area contributed by atoms with Gasteiger partial charge in [-0.05, 0) is 37.1 Å². The lowest BCUT2D eigenvalue weighted by molar-refractivity contribution is -0.115. The fourth-order valence-corrected chi connectivity index (χ4v) is 1.24. The van der Waals surface area contributed by atoms with E-state index in [2.05, 4.69) is 6.07 Å². The maximum atomic E-state index is 10.4. The molecule has 1 rings (SSSR count). The molecule has 75 valence electrons. The van der Waals surface area contributed by atoms with Crippen LogP contribution in [0.5, 0.6) is 5.75 Å². The minimum absolute atomic E-state index is 0.220. The largest absolute Gasteiger partial charge is 0.493 e. The Bertz CT molecular complexity index is 314. The number of primary amides is 1. The summed E-state index contributed by atoms with van der Waals surface area (Å²) in [5, 5.41) is 0. The summed E-state index contributed by atoms with van der Waals surface area (Å²) in [6.07, 6.45) is 1.30. The molecule has 0 saturated heterocycles. The van der Waals surface area contributed by atoms with Crippen LogP contribution < -0.4 is 10.5 Å². The summed E-state index contributed by atoms with van der Waals surface area (Å²) in [6.45, 7) is 4.22. The smallest absolute Gasteiger partial charge is 0.224 e. The van der Waals surface area contributed by atoms with Crippen LogP contribution in [-0.2, 0) is 4.79 Å². The van der Waals surface area contributed by atoms with E-state index in [1.54, 1.807) is 0 Å². The van der Waals surface area contributed by atoms with Gasteiger partial charge in [-0.3, -0.25) is 4.79 Å². The van der Waals surface area contributed by atoms with E-state index in [4.69, 9.17) is 10.5 Å². The van der Waals surface area contributed by atoms with Gasteiger partial charge in [0.05, 0.1) is 6.42 Å². The molecule has 0 atom stereocenters. The molecule has 3 heteroatoms. The molecule has 0 bridgehead atoms. The Labute approximate surface area is 83.9 Å². The average molecular weight is 192 g/mol. The summed E-state index contributed by atoms with van der Waals surface area (Å²) in [4.78, 5) is 10.4. The predicted molar refractivity (Wildman–Crippen MR) is 54.9 cm³/mol. The highest BCUT2D eigenvalue weighted by molar-refractivity contribution is 5.82. The minimum atomic E-state index is -0.464. The topological polar surface area (TPSA) is 52.3 Å². The highest BCUT2D eigenvalue weighted by atomic mass is 16.5. The highest BCUT2D eigenvalue weighted by Gasteiger charge is 1.98. The molecule has 0 aliphatic rings. The van der Waals surface area contributed by atoms with Crippen molar-refractivity contribution in [2.45, 2.75) is 13.8 Å². The van der Waals surface area contributed by atoms with Gasteiger partial charge in [0.1, 0.15) is 12.4 Å². The Hall–Kier alpha value is -1.51. The summed E-state index contributed by atoms with van der Waals surface area (Å²) in [6, 6.07) is 5.90. The van der Waals surface area contributed by atoms with Gasteiger partial charge in [0, 0.05) is 0 Å². The van der Waals surface area contributed by atoms with Crippen LogP contribution in [0.4, 0.5) is 0 Å². The van der Waals surface area contributed by atoms with E-state index in [9.17, 15) is 4.79 Å². The molecule has 2 N–H and O–H groups in total. The summed E-state index contributed by atoms with van der Waals surface area (Å²) in [5.41, 5.74) is 7.22. The molecule has 1 aromatic carbocycles. The van der Waals surface area contributed by atoms with Gasteiger partial charge < -0.3 is 10.5 Å². The van der Waals surface area contributed by atoms with Gasteiger partial charge in [-0.1, -0.05) is 6.07 Å². The first kappa shape index (κ1) is 10.6. The lowest BCUT2D eigenvalue weighted by atomic mass is 10.1. The zero-order valence-electron chi connectivity index (χ0n) is 8.41. The summed E-state index contributed by atoms with van der Waals surface area (Å²) in [7, 11) is 0. The Morgan fingerprint density at radius 2 is 1.93 bits per heavy atom. The molecule has 0 fully saturated rings. The number of hydrogen-bond donors (Lipinski definition) is 1. The number of carbonyl (C=O) groups excluding carboxylic acids is 1. The normalized spacial score (nSPS) is 9.86. The molecule has 0 aliphatic heterocycles. The van der Waals surface area contributed by atoms with Crippen molar-refractivity contribution >= 4 is 5.91 Å². The number of hydrogen-bond acceptors (Lipinski definition) is 2. The van der Waals surface area contributed by atoms with E-state index in [0.717, 1.165) is 16.9 Å². The number of nitrogens with two attached hydrogens (primary N) is 1. The van der Waals surface area contributed by atoms with E-state index in [1.165, 1.54) is 6.42 Å². The SMILES string of the molecule is Cc1cc(C)cc(OC[CH]C(N)=O)c1. The second kappa shape index (κ2) is 4.65. The number of amides is 1. The van der Waals surface area contributed by atoms with Gasteiger partial charge in [0.25, 0.3) is 0 Å². The van der Waals surface area contributed by atoms with Crippen molar-refractivity contribution in [1.29, 1.82) is 0 Å². The van der Waals surface area contributed by atoms with Crippen LogP contribution in [-0.4, -0.2) is 12.5 Å². The predicted octanol–water partition coefficient (Wildman–Crippen LogP) is 1.37. The zero-order chi connectivity index (χ0) is 10.6. The molecule has 0 aromatic heterocycles. The fraction of sp³-hybridized carbons (Fsp3) is 0.273. The molecule has 0 saturated carbocycles. The van der Waals surface area contributed by atoms with Crippen LogP contribution in [0.2, 0.25) is 0 Å². The van der Waals surface area contributed by atoms with Gasteiger partial charge in [0.2, 0.25) is 5.91 Å². The van der Waals surface area contributed by atoms with Gasteiger partial charge in [-0.2, -0.15) is 0 Å². The summed E-state index contributed by atoms with van der Waals surface area (Å²) < 4.78 is 5.32. The van der Waals surface area contributed by atoms with E-state index in [-0.39, 0.29) is 6.61 Å². The first-order chi connectivity index (χ1) is 6.58. The first-order valence-electron chi connectivity index (χ1n) is 4.41. The van der Waals surface area contributed by atoms with Crippen molar-refractivity contribution in [3.05, 3.63) is 35.7 Å². The Morgan fingerprint density at radius 1 is 1.36 bits per heavy atom. The van der Waals surface area contributed by atoms with E-state index in [1.807, 2.05) is 26.0 Å². The minimum Gasteiger partial charge on any atom is -0.493 e. The third-order valence-corrected chi connectivity index (χ3v) is 1.73. The van der Waals surface area contributed by atoms with E-state index in [0.29, 0.717) is 0 Å². The number of benzene rings is 1. The Kier molecular flexibility index (Phi) is 3.51. The molecule has 0 heterocycles. The van der Waals surface area contributed by atoms with Crippen LogP contribution in [0.25, 0.3) is 0 Å². The van der Waals surface area contributed by atoms with Crippen LogP contribution >= 0.6 is 0 Å². The monoisotopic (exact) mass is 192 g/mol. The molecule has 0 spiro atoms. The maximum absolute atomic E-state index is 10.4. The molecular weight excluding hydrogens is 178 g/mol. The quantitative estimate of drug-likeness (QED) is 0.783. The van der Waals surface area contributed by atoms with Crippen molar-refractivity contribution < 1.29 is 9.53 Å².